The highest BCUT2D eigenvalue weighted by atomic mass is 16.3. The van der Waals surface area contributed by atoms with Crippen LogP contribution in [0, 0.1) is 11.8 Å². The van der Waals surface area contributed by atoms with Gasteiger partial charge in [-0.1, -0.05) is 31.2 Å². The van der Waals surface area contributed by atoms with Crippen molar-refractivity contribution in [2.24, 2.45) is 11.8 Å². The fourth-order valence-corrected chi connectivity index (χ4v) is 3.36. The van der Waals surface area contributed by atoms with Gasteiger partial charge in [0.25, 0.3) is 0 Å². The lowest BCUT2D eigenvalue weighted by atomic mass is 9.67. The van der Waals surface area contributed by atoms with Crippen molar-refractivity contribution >= 4 is 17.3 Å². The third-order valence-electron chi connectivity index (χ3n) is 4.53. The van der Waals surface area contributed by atoms with Crippen LogP contribution in [0.5, 0.6) is 0 Å². The Bertz CT molecular complexity index is 684. The molecule has 1 aromatic rings. The smallest absolute Gasteiger partial charge is 0.190 e. The van der Waals surface area contributed by atoms with E-state index in [2.05, 4.69) is 0 Å². The van der Waals surface area contributed by atoms with Crippen molar-refractivity contribution in [1.29, 1.82) is 0 Å². The second kappa shape index (κ2) is 5.04. The molecule has 2 aliphatic carbocycles. The number of hydrogen-bond donors (Lipinski definition) is 1. The van der Waals surface area contributed by atoms with E-state index in [4.69, 9.17) is 0 Å². The van der Waals surface area contributed by atoms with Gasteiger partial charge in [0, 0.05) is 41.2 Å². The lowest BCUT2D eigenvalue weighted by molar-refractivity contribution is -0.123. The maximum atomic E-state index is 12.7. The Kier molecular flexibility index (Phi) is 3.33. The molecule has 0 radical (unpaired) electrons. The summed E-state index contributed by atoms with van der Waals surface area (Å²) in [7, 11) is 0. The van der Waals surface area contributed by atoms with Gasteiger partial charge in [-0.3, -0.25) is 14.4 Å². The van der Waals surface area contributed by atoms with Crippen LogP contribution in [0.4, 0.5) is 0 Å². The van der Waals surface area contributed by atoms with Gasteiger partial charge in [-0.2, -0.15) is 0 Å². The number of carbonyl (C=O) groups is 3. The van der Waals surface area contributed by atoms with E-state index in [9.17, 15) is 19.5 Å². The first kappa shape index (κ1) is 13.9. The quantitative estimate of drug-likeness (QED) is 0.901. The number of Topliss-reactive ketones (excluding diaryl/α,β-unsaturated/α-hetero) is 3. The molecule has 1 aromatic carbocycles. The lowest BCUT2D eigenvalue weighted by Gasteiger charge is -2.34. The Morgan fingerprint density at radius 2 is 1.71 bits per heavy atom. The first-order valence-electron chi connectivity index (χ1n) is 7.11. The number of allylic oxidation sites excluding steroid dienone is 2. The zero-order valence-electron chi connectivity index (χ0n) is 11.8. The van der Waals surface area contributed by atoms with E-state index in [-0.39, 0.29) is 42.2 Å². The number of rotatable bonds is 2. The molecular formula is C17H16O4. The predicted molar refractivity (Wildman–Crippen MR) is 76.1 cm³/mol. The predicted octanol–water partition coefficient (Wildman–Crippen LogP) is 1.97. The lowest BCUT2D eigenvalue weighted by Crippen LogP contribution is -2.37. The highest BCUT2D eigenvalue weighted by molar-refractivity contribution is 6.28. The number of ketones is 3. The van der Waals surface area contributed by atoms with E-state index in [0.717, 1.165) is 0 Å². The molecule has 108 valence electrons. The highest BCUT2D eigenvalue weighted by Crippen LogP contribution is 2.41. The SMILES string of the molecule is CC1C(=O)CC2=C(C(=O)c3ccccc3C2=O)C1CCO. The second-order valence-corrected chi connectivity index (χ2v) is 5.65. The van der Waals surface area contributed by atoms with E-state index in [1.807, 2.05) is 0 Å². The Morgan fingerprint density at radius 3 is 2.33 bits per heavy atom. The van der Waals surface area contributed by atoms with Crippen LogP contribution in [-0.4, -0.2) is 29.1 Å². The van der Waals surface area contributed by atoms with Gasteiger partial charge < -0.3 is 5.11 Å². The number of hydrogen-bond acceptors (Lipinski definition) is 4. The Labute approximate surface area is 122 Å². The van der Waals surface area contributed by atoms with E-state index < -0.39 is 0 Å². The summed E-state index contributed by atoms with van der Waals surface area (Å²) in [6.45, 7) is 1.66. The Balaban J connectivity index is 2.19. The summed E-state index contributed by atoms with van der Waals surface area (Å²) in [4.78, 5) is 37.4. The molecule has 2 unspecified atom stereocenters. The van der Waals surface area contributed by atoms with Crippen molar-refractivity contribution in [2.45, 2.75) is 19.8 Å². The molecule has 4 nitrogen and oxygen atoms in total. The van der Waals surface area contributed by atoms with Crippen molar-refractivity contribution in [3.63, 3.8) is 0 Å². The second-order valence-electron chi connectivity index (χ2n) is 5.65. The normalized spacial score (nSPS) is 25.0. The monoisotopic (exact) mass is 284 g/mol. The number of fused-ring (bicyclic) bond motifs is 1. The third kappa shape index (κ3) is 1.98. The molecule has 21 heavy (non-hydrogen) atoms. The Morgan fingerprint density at radius 1 is 1.10 bits per heavy atom. The minimum absolute atomic E-state index is 0.0251. The van der Waals surface area contributed by atoms with Gasteiger partial charge in [0.2, 0.25) is 0 Å². The minimum atomic E-state index is -0.365. The van der Waals surface area contributed by atoms with Crippen LogP contribution in [0.15, 0.2) is 35.4 Å². The molecule has 2 aliphatic rings. The van der Waals surface area contributed by atoms with Crippen LogP contribution in [-0.2, 0) is 4.79 Å². The van der Waals surface area contributed by atoms with Gasteiger partial charge in [-0.15, -0.1) is 0 Å². The minimum Gasteiger partial charge on any atom is -0.396 e. The summed E-state index contributed by atoms with van der Waals surface area (Å²) in [6.07, 6.45) is 0.351. The molecule has 0 aromatic heterocycles. The first-order chi connectivity index (χ1) is 10.1. The van der Waals surface area contributed by atoms with Crippen molar-refractivity contribution in [3.8, 4) is 0 Å². The largest absolute Gasteiger partial charge is 0.396 e. The molecule has 1 N–H and O–H groups in total. The molecule has 3 rings (SSSR count). The van der Waals surface area contributed by atoms with Gasteiger partial charge in [0.1, 0.15) is 5.78 Å². The van der Waals surface area contributed by atoms with Crippen molar-refractivity contribution in [3.05, 3.63) is 46.5 Å². The summed E-state index contributed by atoms with van der Waals surface area (Å²) >= 11 is 0. The average molecular weight is 284 g/mol. The van der Waals surface area contributed by atoms with Crippen LogP contribution >= 0.6 is 0 Å². The van der Waals surface area contributed by atoms with Gasteiger partial charge in [0.05, 0.1) is 0 Å². The molecule has 0 spiro atoms. The molecule has 0 fully saturated rings. The molecule has 0 heterocycles. The molecule has 2 atom stereocenters. The standard InChI is InChI=1S/C17H16O4/c1-9-10(6-7-18)15-13(8-14(9)19)16(20)11-4-2-3-5-12(11)17(15)21/h2-5,9-10,18H,6-8H2,1H3. The zero-order chi connectivity index (χ0) is 15.1. The topological polar surface area (TPSA) is 71.4 Å². The van der Waals surface area contributed by atoms with E-state index in [0.29, 0.717) is 28.7 Å². The number of aliphatic hydroxyl groups is 1. The summed E-state index contributed by atoms with van der Waals surface area (Å²) in [6, 6.07) is 6.72. The van der Waals surface area contributed by atoms with E-state index in [1.165, 1.54) is 0 Å². The molecular weight excluding hydrogens is 268 g/mol. The molecule has 0 saturated carbocycles. The maximum Gasteiger partial charge on any atom is 0.190 e. The average Bonchev–Trinajstić information content (AvgIpc) is 2.49. The molecule has 4 heteroatoms. The summed E-state index contributed by atoms with van der Waals surface area (Å²) in [5.74, 6) is -1.12. The Hall–Kier alpha value is -2.07. The van der Waals surface area contributed by atoms with Crippen LogP contribution in [0.25, 0.3) is 0 Å². The van der Waals surface area contributed by atoms with Crippen molar-refractivity contribution in [1.82, 2.24) is 0 Å². The van der Waals surface area contributed by atoms with Crippen LogP contribution in [0.1, 0.15) is 40.5 Å². The first-order valence-corrected chi connectivity index (χ1v) is 7.11. The van der Waals surface area contributed by atoms with E-state index in [1.54, 1.807) is 31.2 Å². The molecule has 0 aliphatic heterocycles. The number of aliphatic hydroxyl groups excluding tert-OH is 1. The van der Waals surface area contributed by atoms with Crippen LogP contribution in [0.3, 0.4) is 0 Å². The maximum absolute atomic E-state index is 12.7. The van der Waals surface area contributed by atoms with Crippen LogP contribution in [0.2, 0.25) is 0 Å². The zero-order valence-corrected chi connectivity index (χ0v) is 11.8. The third-order valence-corrected chi connectivity index (χ3v) is 4.53. The van der Waals surface area contributed by atoms with Gasteiger partial charge >= 0.3 is 0 Å². The fourth-order valence-electron chi connectivity index (χ4n) is 3.36. The number of carbonyl (C=O) groups excluding carboxylic acids is 3. The number of benzene rings is 1. The van der Waals surface area contributed by atoms with Crippen LogP contribution < -0.4 is 0 Å². The van der Waals surface area contributed by atoms with Crippen molar-refractivity contribution < 1.29 is 19.5 Å². The molecule has 0 saturated heterocycles. The van der Waals surface area contributed by atoms with Crippen molar-refractivity contribution in [2.75, 3.05) is 6.61 Å². The summed E-state index contributed by atoms with van der Waals surface area (Å²) < 4.78 is 0. The fraction of sp³-hybridized carbons (Fsp3) is 0.353. The van der Waals surface area contributed by atoms with Gasteiger partial charge in [0.15, 0.2) is 11.6 Å². The highest BCUT2D eigenvalue weighted by Gasteiger charge is 2.43. The molecule has 0 bridgehead atoms. The van der Waals surface area contributed by atoms with Gasteiger partial charge in [-0.05, 0) is 12.3 Å². The molecule has 0 amide bonds. The summed E-state index contributed by atoms with van der Waals surface area (Å²) in [5, 5.41) is 9.23. The summed E-state index contributed by atoms with van der Waals surface area (Å²) in [5.41, 5.74) is 1.57. The van der Waals surface area contributed by atoms with E-state index >= 15 is 0 Å². The van der Waals surface area contributed by atoms with Gasteiger partial charge in [-0.25, -0.2) is 0 Å².